The van der Waals surface area contributed by atoms with Gasteiger partial charge >= 0.3 is 0 Å². The number of halogens is 1. The van der Waals surface area contributed by atoms with E-state index in [1.165, 1.54) is 0 Å². The number of carbonyl (C=O) groups excluding carboxylic acids is 1. The van der Waals surface area contributed by atoms with Gasteiger partial charge in [-0.25, -0.2) is 5.10 Å². The van der Waals surface area contributed by atoms with E-state index in [1.807, 2.05) is 30.3 Å². The van der Waals surface area contributed by atoms with Gasteiger partial charge in [-0.3, -0.25) is 9.59 Å². The molecule has 0 radical (unpaired) electrons. The molecule has 4 rings (SSSR count). The Morgan fingerprint density at radius 2 is 1.76 bits per heavy atom. The zero-order valence-corrected chi connectivity index (χ0v) is 19.3. The Labute approximate surface area is 200 Å². The van der Waals surface area contributed by atoms with Crippen molar-refractivity contribution in [2.24, 2.45) is 0 Å². The molecule has 10 heteroatoms. The molecule has 0 aliphatic rings. The molecule has 0 saturated heterocycles. The summed E-state index contributed by atoms with van der Waals surface area (Å²) >= 11 is 5.89. The molecule has 0 aliphatic heterocycles. The first-order valence-electron chi connectivity index (χ1n) is 11.2. The van der Waals surface area contributed by atoms with Gasteiger partial charge in [-0.1, -0.05) is 35.0 Å². The van der Waals surface area contributed by atoms with Crippen LogP contribution in [-0.2, 0) is 11.2 Å². The smallest absolute Gasteiger partial charge is 0.272 e. The Bertz CT molecular complexity index is 1300. The number of aromatic nitrogens is 4. The van der Waals surface area contributed by atoms with E-state index in [2.05, 4.69) is 31.0 Å². The standard InChI is InChI=1S/C24H25ClN6O3/c25-17-12-10-16(11-13-17)22-28-21(34-31-22)9-5-8-20(32)26-14-3-4-15-27-23-18-6-1-2-7-19(18)24(33)30-29-23/h1-2,6-7,10-13H,3-5,8-9,14-15H2,(H,26,32)(H,27,29)(H,30,33). The summed E-state index contributed by atoms with van der Waals surface area (Å²) in [5.41, 5.74) is 0.626. The summed E-state index contributed by atoms with van der Waals surface area (Å²) in [6.07, 6.45) is 3.24. The maximum absolute atomic E-state index is 12.1. The predicted molar refractivity (Wildman–Crippen MR) is 131 cm³/mol. The molecule has 0 bridgehead atoms. The third-order valence-electron chi connectivity index (χ3n) is 5.28. The van der Waals surface area contributed by atoms with Gasteiger partial charge in [0.2, 0.25) is 17.6 Å². The number of nitrogens with zero attached hydrogens (tertiary/aromatic N) is 3. The number of hydrogen-bond donors (Lipinski definition) is 3. The lowest BCUT2D eigenvalue weighted by atomic mass is 10.2. The number of rotatable bonds is 11. The van der Waals surface area contributed by atoms with Crippen LogP contribution in [0.3, 0.4) is 0 Å². The molecule has 176 valence electrons. The minimum absolute atomic E-state index is 0.00121. The second kappa shape index (κ2) is 11.4. The molecule has 0 aliphatic carbocycles. The van der Waals surface area contributed by atoms with Gasteiger partial charge in [0.15, 0.2) is 5.82 Å². The monoisotopic (exact) mass is 480 g/mol. The van der Waals surface area contributed by atoms with Crippen molar-refractivity contribution in [2.75, 3.05) is 18.4 Å². The van der Waals surface area contributed by atoms with Crippen LogP contribution in [0.25, 0.3) is 22.2 Å². The van der Waals surface area contributed by atoms with Crippen LogP contribution in [0.4, 0.5) is 5.82 Å². The summed E-state index contributed by atoms with van der Waals surface area (Å²) in [5.74, 6) is 1.67. The Hall–Kier alpha value is -3.72. The number of carbonyl (C=O) groups is 1. The van der Waals surface area contributed by atoms with Crippen LogP contribution in [-0.4, -0.2) is 39.3 Å². The first kappa shape index (κ1) is 23.4. The largest absolute Gasteiger partial charge is 0.368 e. The Morgan fingerprint density at radius 1 is 1.00 bits per heavy atom. The number of benzene rings is 2. The van der Waals surface area contributed by atoms with Gasteiger partial charge in [0, 0.05) is 41.9 Å². The molecule has 4 aromatic rings. The lowest BCUT2D eigenvalue weighted by Crippen LogP contribution is -2.24. The fourth-order valence-corrected chi connectivity index (χ4v) is 3.62. The first-order chi connectivity index (χ1) is 16.6. The highest BCUT2D eigenvalue weighted by molar-refractivity contribution is 6.30. The highest BCUT2D eigenvalue weighted by Gasteiger charge is 2.10. The molecule has 2 aromatic heterocycles. The summed E-state index contributed by atoms with van der Waals surface area (Å²) in [4.78, 5) is 28.3. The molecule has 9 nitrogen and oxygen atoms in total. The van der Waals surface area contributed by atoms with Crippen LogP contribution in [0, 0.1) is 0 Å². The highest BCUT2D eigenvalue weighted by Crippen LogP contribution is 2.19. The normalized spacial score (nSPS) is 11.0. The van der Waals surface area contributed by atoms with Crippen LogP contribution in [0.1, 0.15) is 31.6 Å². The van der Waals surface area contributed by atoms with Gasteiger partial charge in [0.1, 0.15) is 0 Å². The summed E-state index contributed by atoms with van der Waals surface area (Å²) in [7, 11) is 0. The van der Waals surface area contributed by atoms with Crippen molar-refractivity contribution in [1.29, 1.82) is 0 Å². The third kappa shape index (κ3) is 6.20. The van der Waals surface area contributed by atoms with Gasteiger partial charge in [0.25, 0.3) is 5.56 Å². The fraction of sp³-hybridized carbons (Fsp3) is 0.292. The van der Waals surface area contributed by atoms with Crippen LogP contribution in [0.2, 0.25) is 5.02 Å². The number of anilines is 1. The minimum Gasteiger partial charge on any atom is -0.368 e. The number of nitrogens with one attached hydrogen (secondary N) is 3. The molecular formula is C24H25ClN6O3. The molecule has 2 aromatic carbocycles. The number of H-pyrrole nitrogens is 1. The summed E-state index contributed by atoms with van der Waals surface area (Å²) in [5, 5.41) is 18.8. The van der Waals surface area contributed by atoms with Gasteiger partial charge in [-0.15, -0.1) is 0 Å². The predicted octanol–water partition coefficient (Wildman–Crippen LogP) is 3.96. The van der Waals surface area contributed by atoms with Crippen LogP contribution in [0.5, 0.6) is 0 Å². The summed E-state index contributed by atoms with van der Waals surface area (Å²) in [6, 6.07) is 14.6. The number of fused-ring (bicyclic) bond motifs is 1. The summed E-state index contributed by atoms with van der Waals surface area (Å²) in [6.45, 7) is 1.29. The molecule has 0 fully saturated rings. The first-order valence-corrected chi connectivity index (χ1v) is 11.5. The van der Waals surface area contributed by atoms with Crippen molar-refractivity contribution in [1.82, 2.24) is 25.7 Å². The van der Waals surface area contributed by atoms with E-state index in [-0.39, 0.29) is 11.5 Å². The van der Waals surface area contributed by atoms with E-state index in [0.29, 0.717) is 60.3 Å². The van der Waals surface area contributed by atoms with Gasteiger partial charge in [0.05, 0.1) is 5.39 Å². The quantitative estimate of drug-likeness (QED) is 0.277. The van der Waals surface area contributed by atoms with Crippen molar-refractivity contribution >= 4 is 34.1 Å². The molecule has 0 saturated carbocycles. The molecule has 2 heterocycles. The number of amides is 1. The van der Waals surface area contributed by atoms with E-state index in [0.717, 1.165) is 23.8 Å². The average molecular weight is 481 g/mol. The second-order valence-corrected chi connectivity index (χ2v) is 8.24. The molecular weight excluding hydrogens is 456 g/mol. The molecule has 0 spiro atoms. The third-order valence-corrected chi connectivity index (χ3v) is 5.53. The zero-order valence-electron chi connectivity index (χ0n) is 18.5. The van der Waals surface area contributed by atoms with Gasteiger partial charge in [-0.2, -0.15) is 10.1 Å². The highest BCUT2D eigenvalue weighted by atomic mass is 35.5. The lowest BCUT2D eigenvalue weighted by Gasteiger charge is -2.08. The van der Waals surface area contributed by atoms with Crippen molar-refractivity contribution in [3.05, 3.63) is 69.8 Å². The van der Waals surface area contributed by atoms with Crippen molar-refractivity contribution < 1.29 is 9.32 Å². The Kier molecular flexibility index (Phi) is 7.87. The Morgan fingerprint density at radius 3 is 2.59 bits per heavy atom. The molecule has 0 unspecified atom stereocenters. The maximum atomic E-state index is 12.1. The number of hydrogen-bond acceptors (Lipinski definition) is 7. The van der Waals surface area contributed by atoms with E-state index in [9.17, 15) is 9.59 Å². The van der Waals surface area contributed by atoms with E-state index < -0.39 is 0 Å². The Balaban J connectivity index is 1.11. The number of aromatic amines is 1. The molecule has 0 atom stereocenters. The zero-order chi connectivity index (χ0) is 23.8. The van der Waals surface area contributed by atoms with Crippen molar-refractivity contribution in [2.45, 2.75) is 32.1 Å². The SMILES string of the molecule is O=C(CCCc1nc(-c2ccc(Cl)cc2)no1)NCCCCNc1n[nH]c(=O)c2ccccc12. The molecule has 1 amide bonds. The second-order valence-electron chi connectivity index (χ2n) is 7.80. The molecule has 34 heavy (non-hydrogen) atoms. The van der Waals surface area contributed by atoms with Gasteiger partial charge in [-0.05, 0) is 49.6 Å². The van der Waals surface area contributed by atoms with Crippen LogP contribution < -0.4 is 16.2 Å². The number of unbranched alkanes of at least 4 members (excludes halogenated alkanes) is 1. The minimum atomic E-state index is -0.204. The molecule has 3 N–H and O–H groups in total. The topological polar surface area (TPSA) is 126 Å². The van der Waals surface area contributed by atoms with Crippen LogP contribution in [0.15, 0.2) is 57.8 Å². The van der Waals surface area contributed by atoms with E-state index in [4.69, 9.17) is 16.1 Å². The van der Waals surface area contributed by atoms with Crippen LogP contribution >= 0.6 is 11.6 Å². The lowest BCUT2D eigenvalue weighted by molar-refractivity contribution is -0.121. The summed E-state index contributed by atoms with van der Waals surface area (Å²) < 4.78 is 5.27. The average Bonchev–Trinajstić information content (AvgIpc) is 3.32. The van der Waals surface area contributed by atoms with Gasteiger partial charge < -0.3 is 15.2 Å². The van der Waals surface area contributed by atoms with Crippen molar-refractivity contribution in [3.63, 3.8) is 0 Å². The van der Waals surface area contributed by atoms with E-state index >= 15 is 0 Å². The maximum Gasteiger partial charge on any atom is 0.272 e. The van der Waals surface area contributed by atoms with E-state index in [1.54, 1.807) is 18.2 Å². The fourth-order valence-electron chi connectivity index (χ4n) is 3.50. The number of aryl methyl sites for hydroxylation is 1. The van der Waals surface area contributed by atoms with Crippen molar-refractivity contribution in [3.8, 4) is 11.4 Å².